The van der Waals surface area contributed by atoms with Gasteiger partial charge >= 0.3 is 6.01 Å². The van der Waals surface area contributed by atoms with Gasteiger partial charge < -0.3 is 15.0 Å². The van der Waals surface area contributed by atoms with Crippen LogP contribution in [0.15, 0.2) is 24.4 Å². The fourth-order valence-electron chi connectivity index (χ4n) is 5.75. The summed E-state index contributed by atoms with van der Waals surface area (Å²) < 4.78 is 21.0. The van der Waals surface area contributed by atoms with Gasteiger partial charge in [-0.25, -0.2) is 9.37 Å². The number of rotatable bonds is 6. The third-order valence-corrected chi connectivity index (χ3v) is 7.54. The van der Waals surface area contributed by atoms with E-state index in [9.17, 15) is 4.79 Å². The molecular formula is C24H28FN7O2. The van der Waals surface area contributed by atoms with Crippen molar-refractivity contribution in [2.24, 2.45) is 11.8 Å². The van der Waals surface area contributed by atoms with E-state index >= 15 is 4.39 Å². The van der Waals surface area contributed by atoms with Gasteiger partial charge in [0.05, 0.1) is 18.8 Å². The molecule has 9 nitrogen and oxygen atoms in total. The molecule has 7 rings (SSSR count). The highest BCUT2D eigenvalue weighted by Crippen LogP contribution is 2.48. The van der Waals surface area contributed by atoms with Crippen molar-refractivity contribution in [3.63, 3.8) is 0 Å². The molecule has 3 saturated carbocycles. The molecule has 4 fully saturated rings. The van der Waals surface area contributed by atoms with Crippen molar-refractivity contribution in [1.29, 1.82) is 0 Å². The zero-order valence-electron chi connectivity index (χ0n) is 19.1. The molecule has 4 aliphatic rings. The third-order valence-electron chi connectivity index (χ3n) is 7.54. The maximum absolute atomic E-state index is 15.4. The fraction of sp³-hybridized carbons (Fsp3) is 0.542. The number of fused-ring (bicyclic) bond motifs is 2. The average Bonchev–Trinajstić information content (AvgIpc) is 3.53. The third kappa shape index (κ3) is 3.74. The molecule has 0 radical (unpaired) electrons. The number of aromatic amines is 1. The number of carbonyl (C=O) groups excluding carboxylic acids is 1. The predicted octanol–water partition coefficient (Wildman–Crippen LogP) is 3.01. The number of ether oxygens (including phenoxy) is 1. The molecule has 10 heteroatoms. The lowest BCUT2D eigenvalue weighted by Crippen LogP contribution is -2.42. The average molecular weight is 466 g/mol. The Labute approximate surface area is 196 Å². The Morgan fingerprint density at radius 3 is 2.97 bits per heavy atom. The Balaban J connectivity index is 1.21. The van der Waals surface area contributed by atoms with Gasteiger partial charge in [-0.3, -0.25) is 9.89 Å². The van der Waals surface area contributed by atoms with Crippen LogP contribution in [0.2, 0.25) is 0 Å². The summed E-state index contributed by atoms with van der Waals surface area (Å²) in [6, 6.07) is 5.76. The first-order chi connectivity index (χ1) is 16.6. The van der Waals surface area contributed by atoms with Crippen LogP contribution in [-0.4, -0.2) is 63.0 Å². The Kier molecular flexibility index (Phi) is 5.30. The lowest BCUT2D eigenvalue weighted by Gasteiger charge is -2.35. The van der Waals surface area contributed by atoms with Gasteiger partial charge in [0.15, 0.2) is 5.65 Å². The molecule has 4 heterocycles. The summed E-state index contributed by atoms with van der Waals surface area (Å²) in [7, 11) is 0. The minimum atomic E-state index is -1.13. The SMILES string of the molecule is CCOc1nc(C(=O)NC2CC3CC2C3)cc(N2CCC(c3[nH]nc4ncccc34)C(F)C2)n1. The summed E-state index contributed by atoms with van der Waals surface area (Å²) in [5.74, 6) is 1.32. The smallest absolute Gasteiger partial charge is 0.319 e. The quantitative estimate of drug-likeness (QED) is 0.576. The van der Waals surface area contributed by atoms with Gasteiger partial charge in [0.1, 0.15) is 17.7 Å². The molecular weight excluding hydrogens is 437 g/mol. The van der Waals surface area contributed by atoms with Crippen LogP contribution in [0.4, 0.5) is 10.2 Å². The predicted molar refractivity (Wildman–Crippen MR) is 124 cm³/mol. The molecule has 2 N–H and O–H groups in total. The molecule has 3 atom stereocenters. The summed E-state index contributed by atoms with van der Waals surface area (Å²) >= 11 is 0. The Morgan fingerprint density at radius 2 is 2.21 bits per heavy atom. The normalized spacial score (nSPS) is 28.1. The van der Waals surface area contributed by atoms with E-state index in [-0.39, 0.29) is 36.1 Å². The fourth-order valence-corrected chi connectivity index (χ4v) is 5.75. The number of anilines is 1. The zero-order valence-corrected chi connectivity index (χ0v) is 19.1. The molecule has 3 aromatic rings. The molecule has 34 heavy (non-hydrogen) atoms. The number of alkyl halides is 1. The van der Waals surface area contributed by atoms with Crippen molar-refractivity contribution in [3.8, 4) is 6.01 Å². The maximum atomic E-state index is 15.4. The lowest BCUT2D eigenvalue weighted by molar-refractivity contribution is 0.0922. The molecule has 0 spiro atoms. The number of pyridine rings is 1. The van der Waals surface area contributed by atoms with E-state index in [0.717, 1.165) is 23.4 Å². The second-order valence-corrected chi connectivity index (χ2v) is 9.61. The minimum absolute atomic E-state index is 0.143. The summed E-state index contributed by atoms with van der Waals surface area (Å²) in [6.45, 7) is 2.96. The van der Waals surface area contributed by atoms with Crippen LogP contribution in [0, 0.1) is 11.8 Å². The molecule has 0 aromatic carbocycles. The Bertz CT molecular complexity index is 1210. The van der Waals surface area contributed by atoms with Crippen molar-refractivity contribution < 1.29 is 13.9 Å². The molecule has 3 unspecified atom stereocenters. The van der Waals surface area contributed by atoms with Crippen molar-refractivity contribution in [3.05, 3.63) is 35.8 Å². The molecule has 1 saturated heterocycles. The first-order valence-electron chi connectivity index (χ1n) is 12.1. The number of aromatic nitrogens is 5. The van der Waals surface area contributed by atoms with Gasteiger partial charge in [0.2, 0.25) is 0 Å². The van der Waals surface area contributed by atoms with E-state index in [1.54, 1.807) is 12.3 Å². The van der Waals surface area contributed by atoms with Gasteiger partial charge in [0, 0.05) is 36.2 Å². The molecule has 1 amide bonds. The molecule has 178 valence electrons. The monoisotopic (exact) mass is 465 g/mol. The van der Waals surface area contributed by atoms with Crippen molar-refractivity contribution in [2.45, 2.75) is 50.7 Å². The summed E-state index contributed by atoms with van der Waals surface area (Å²) in [5, 5.41) is 11.2. The summed E-state index contributed by atoms with van der Waals surface area (Å²) in [4.78, 5) is 27.9. The van der Waals surface area contributed by atoms with E-state index < -0.39 is 6.17 Å². The number of nitrogens with zero attached hydrogens (tertiary/aromatic N) is 5. The largest absolute Gasteiger partial charge is 0.464 e. The van der Waals surface area contributed by atoms with Gasteiger partial charge in [0.25, 0.3) is 5.91 Å². The molecule has 2 bridgehead atoms. The van der Waals surface area contributed by atoms with Crippen LogP contribution in [0.5, 0.6) is 6.01 Å². The topological polar surface area (TPSA) is 109 Å². The van der Waals surface area contributed by atoms with Gasteiger partial charge in [-0.2, -0.15) is 15.1 Å². The van der Waals surface area contributed by atoms with Crippen LogP contribution < -0.4 is 15.0 Å². The minimum Gasteiger partial charge on any atom is -0.464 e. The maximum Gasteiger partial charge on any atom is 0.319 e. The Hall–Kier alpha value is -3.30. The second kappa shape index (κ2) is 8.48. The van der Waals surface area contributed by atoms with Crippen molar-refractivity contribution in [1.82, 2.24) is 30.5 Å². The van der Waals surface area contributed by atoms with Gasteiger partial charge in [-0.05, 0) is 56.6 Å². The number of carbonyl (C=O) groups is 1. The van der Waals surface area contributed by atoms with Crippen LogP contribution in [0.3, 0.4) is 0 Å². The highest BCUT2D eigenvalue weighted by atomic mass is 19.1. The highest BCUT2D eigenvalue weighted by Gasteiger charge is 2.45. The zero-order chi connectivity index (χ0) is 23.2. The molecule has 3 aromatic heterocycles. The number of halogens is 1. The number of amides is 1. The van der Waals surface area contributed by atoms with Crippen molar-refractivity contribution >= 4 is 22.8 Å². The number of hydrogen-bond donors (Lipinski definition) is 2. The van der Waals surface area contributed by atoms with Gasteiger partial charge in [-0.15, -0.1) is 0 Å². The van der Waals surface area contributed by atoms with Crippen LogP contribution in [-0.2, 0) is 0 Å². The number of H-pyrrole nitrogens is 1. The summed E-state index contributed by atoms with van der Waals surface area (Å²) in [5.41, 5.74) is 1.64. The van der Waals surface area contributed by atoms with E-state index in [2.05, 4.69) is 30.5 Å². The van der Waals surface area contributed by atoms with E-state index in [1.165, 1.54) is 12.8 Å². The lowest BCUT2D eigenvalue weighted by atomic mass is 9.84. The van der Waals surface area contributed by atoms with E-state index in [4.69, 9.17) is 4.74 Å². The first kappa shape index (κ1) is 21.2. The van der Waals surface area contributed by atoms with E-state index in [1.807, 2.05) is 24.0 Å². The number of nitrogens with one attached hydrogen (secondary N) is 2. The van der Waals surface area contributed by atoms with Crippen LogP contribution in [0.1, 0.15) is 54.7 Å². The number of piperidine rings is 1. The van der Waals surface area contributed by atoms with Crippen LogP contribution >= 0.6 is 0 Å². The Morgan fingerprint density at radius 1 is 1.32 bits per heavy atom. The van der Waals surface area contributed by atoms with Crippen LogP contribution in [0.25, 0.3) is 11.0 Å². The second-order valence-electron chi connectivity index (χ2n) is 9.61. The first-order valence-corrected chi connectivity index (χ1v) is 12.1. The van der Waals surface area contributed by atoms with Gasteiger partial charge in [-0.1, -0.05) is 0 Å². The highest BCUT2D eigenvalue weighted by molar-refractivity contribution is 5.93. The van der Waals surface area contributed by atoms with Crippen molar-refractivity contribution in [2.75, 3.05) is 24.6 Å². The standard InChI is InChI=1S/C24H28FN7O2/c1-2-34-24-28-19(23(33)27-18-10-13-8-14(18)9-13)11-20(29-24)32-7-5-15(17(25)12-32)21-16-4-3-6-26-22(16)31-30-21/h3-4,6,11,13-15,17-18H,2,5,7-10,12H2,1H3,(H,27,33)(H,26,30,31). The summed E-state index contributed by atoms with van der Waals surface area (Å²) in [6.07, 6.45) is 4.58. The number of hydrogen-bond acceptors (Lipinski definition) is 7. The molecule has 3 aliphatic carbocycles. The van der Waals surface area contributed by atoms with E-state index in [0.29, 0.717) is 37.0 Å². The molecule has 1 aliphatic heterocycles.